The van der Waals surface area contributed by atoms with Gasteiger partial charge in [-0.2, -0.15) is 0 Å². The van der Waals surface area contributed by atoms with E-state index in [1.54, 1.807) is 14.2 Å². The van der Waals surface area contributed by atoms with Crippen molar-refractivity contribution in [3.8, 4) is 11.3 Å². The largest absolute Gasteiger partial charge is 0.459 e. The fourth-order valence-corrected chi connectivity index (χ4v) is 2.52. The molecule has 7 heteroatoms. The first-order valence-electron chi connectivity index (χ1n) is 8.59. The van der Waals surface area contributed by atoms with Gasteiger partial charge in [-0.1, -0.05) is 28.1 Å². The lowest BCUT2D eigenvalue weighted by Gasteiger charge is -2.11. The Morgan fingerprint density at radius 2 is 1.88 bits per heavy atom. The molecule has 2 aromatic rings. The van der Waals surface area contributed by atoms with Crippen molar-refractivity contribution in [1.82, 2.24) is 10.6 Å². The van der Waals surface area contributed by atoms with Crippen molar-refractivity contribution in [2.24, 2.45) is 4.99 Å². The van der Waals surface area contributed by atoms with Crippen molar-refractivity contribution in [1.29, 1.82) is 0 Å². The molecule has 1 aromatic carbocycles. The number of furan rings is 1. The SMILES string of the molecule is CN=C(NCCCOCCOC)NCc1ccc(-c2ccc(Br)cc2)o1. The average molecular weight is 424 g/mol. The summed E-state index contributed by atoms with van der Waals surface area (Å²) in [5.74, 6) is 2.45. The molecule has 0 atom stereocenters. The van der Waals surface area contributed by atoms with E-state index in [0.717, 1.165) is 40.5 Å². The second kappa shape index (κ2) is 11.7. The molecule has 1 aromatic heterocycles. The number of methoxy groups -OCH3 is 1. The van der Waals surface area contributed by atoms with E-state index in [1.165, 1.54) is 0 Å². The molecule has 0 amide bonds. The third-order valence-corrected chi connectivity index (χ3v) is 4.16. The first-order valence-corrected chi connectivity index (χ1v) is 9.38. The third kappa shape index (κ3) is 7.19. The molecular weight excluding hydrogens is 398 g/mol. The average Bonchev–Trinajstić information content (AvgIpc) is 3.13. The highest BCUT2D eigenvalue weighted by atomic mass is 79.9. The van der Waals surface area contributed by atoms with Gasteiger partial charge >= 0.3 is 0 Å². The van der Waals surface area contributed by atoms with Crippen LogP contribution in [0.5, 0.6) is 0 Å². The van der Waals surface area contributed by atoms with Crippen LogP contribution in [0.2, 0.25) is 0 Å². The molecule has 26 heavy (non-hydrogen) atoms. The van der Waals surface area contributed by atoms with Crippen LogP contribution in [-0.2, 0) is 16.0 Å². The van der Waals surface area contributed by atoms with Crippen molar-refractivity contribution < 1.29 is 13.9 Å². The van der Waals surface area contributed by atoms with Gasteiger partial charge in [-0.25, -0.2) is 0 Å². The summed E-state index contributed by atoms with van der Waals surface area (Å²) in [4.78, 5) is 4.21. The molecule has 1 heterocycles. The van der Waals surface area contributed by atoms with Crippen LogP contribution < -0.4 is 10.6 Å². The third-order valence-electron chi connectivity index (χ3n) is 3.63. The van der Waals surface area contributed by atoms with Crippen molar-refractivity contribution in [2.45, 2.75) is 13.0 Å². The fraction of sp³-hybridized carbons (Fsp3) is 0.421. The number of hydrogen-bond acceptors (Lipinski definition) is 4. The van der Waals surface area contributed by atoms with Crippen LogP contribution in [0.15, 0.2) is 50.3 Å². The lowest BCUT2D eigenvalue weighted by molar-refractivity contribution is 0.0698. The zero-order valence-corrected chi connectivity index (χ0v) is 16.8. The van der Waals surface area contributed by atoms with E-state index in [9.17, 15) is 0 Å². The summed E-state index contributed by atoms with van der Waals surface area (Å²) in [6.45, 7) is 3.31. The first-order chi connectivity index (χ1) is 12.7. The smallest absolute Gasteiger partial charge is 0.191 e. The molecule has 2 rings (SSSR count). The van der Waals surface area contributed by atoms with Gasteiger partial charge in [-0.05, 0) is 30.7 Å². The second-order valence-corrected chi connectivity index (χ2v) is 6.50. The van der Waals surface area contributed by atoms with Gasteiger partial charge in [-0.15, -0.1) is 0 Å². The van der Waals surface area contributed by atoms with E-state index in [4.69, 9.17) is 13.9 Å². The maximum absolute atomic E-state index is 5.89. The predicted molar refractivity (Wildman–Crippen MR) is 107 cm³/mol. The monoisotopic (exact) mass is 423 g/mol. The summed E-state index contributed by atoms with van der Waals surface area (Å²) < 4.78 is 17.3. The Kier molecular flexibility index (Phi) is 9.23. The van der Waals surface area contributed by atoms with Gasteiger partial charge in [0, 0.05) is 37.3 Å². The minimum absolute atomic E-state index is 0.570. The normalized spacial score (nSPS) is 11.6. The van der Waals surface area contributed by atoms with Crippen LogP contribution in [0, 0.1) is 0 Å². The van der Waals surface area contributed by atoms with Crippen LogP contribution in [0.4, 0.5) is 0 Å². The molecule has 0 saturated heterocycles. The van der Waals surface area contributed by atoms with E-state index in [0.29, 0.717) is 26.4 Å². The Balaban J connectivity index is 1.71. The number of hydrogen-bond donors (Lipinski definition) is 2. The van der Waals surface area contributed by atoms with Crippen LogP contribution in [0.3, 0.4) is 0 Å². The number of guanidine groups is 1. The van der Waals surface area contributed by atoms with E-state index in [1.807, 2.05) is 36.4 Å². The summed E-state index contributed by atoms with van der Waals surface area (Å²) >= 11 is 3.44. The maximum Gasteiger partial charge on any atom is 0.191 e. The summed E-state index contributed by atoms with van der Waals surface area (Å²) in [6, 6.07) is 12.0. The summed E-state index contributed by atoms with van der Waals surface area (Å²) in [5, 5.41) is 6.50. The van der Waals surface area contributed by atoms with E-state index in [2.05, 4.69) is 31.6 Å². The quantitative estimate of drug-likeness (QED) is 0.348. The van der Waals surface area contributed by atoms with Crippen LogP contribution in [0.1, 0.15) is 12.2 Å². The molecule has 0 fully saturated rings. The minimum atomic E-state index is 0.570. The van der Waals surface area contributed by atoms with Gasteiger partial charge in [0.2, 0.25) is 0 Å². The summed E-state index contributed by atoms with van der Waals surface area (Å²) in [7, 11) is 3.42. The minimum Gasteiger partial charge on any atom is -0.459 e. The topological polar surface area (TPSA) is 68.0 Å². The van der Waals surface area contributed by atoms with E-state index >= 15 is 0 Å². The van der Waals surface area contributed by atoms with E-state index < -0.39 is 0 Å². The van der Waals surface area contributed by atoms with Gasteiger partial charge in [0.05, 0.1) is 19.8 Å². The number of benzene rings is 1. The molecule has 0 aliphatic rings. The number of ether oxygens (including phenoxy) is 2. The molecule has 0 aliphatic heterocycles. The summed E-state index contributed by atoms with van der Waals surface area (Å²) in [5.41, 5.74) is 1.05. The molecule has 0 radical (unpaired) electrons. The van der Waals surface area contributed by atoms with Gasteiger partial charge in [0.1, 0.15) is 11.5 Å². The first kappa shape index (κ1) is 20.5. The highest BCUT2D eigenvalue weighted by Gasteiger charge is 2.06. The molecule has 0 bridgehead atoms. The van der Waals surface area contributed by atoms with Crippen molar-refractivity contribution in [3.05, 3.63) is 46.6 Å². The highest BCUT2D eigenvalue weighted by molar-refractivity contribution is 9.10. The Hall–Kier alpha value is -1.83. The van der Waals surface area contributed by atoms with Gasteiger partial charge in [0.25, 0.3) is 0 Å². The Bertz CT molecular complexity index is 671. The zero-order chi connectivity index (χ0) is 18.6. The standard InChI is InChI=1S/C19H26BrN3O3/c1-21-19(22-10-3-11-25-13-12-24-2)23-14-17-8-9-18(26-17)15-4-6-16(20)7-5-15/h4-9H,3,10-14H2,1-2H3,(H2,21,22,23). The van der Waals surface area contributed by atoms with Gasteiger partial charge in [0.15, 0.2) is 5.96 Å². The predicted octanol–water partition coefficient (Wildman–Crippen LogP) is 3.43. The Labute approximate surface area is 163 Å². The van der Waals surface area contributed by atoms with Crippen molar-refractivity contribution in [3.63, 3.8) is 0 Å². The van der Waals surface area contributed by atoms with Crippen LogP contribution in [-0.4, -0.2) is 46.5 Å². The van der Waals surface area contributed by atoms with Crippen molar-refractivity contribution >= 4 is 21.9 Å². The molecular formula is C19H26BrN3O3. The number of nitrogens with zero attached hydrogens (tertiary/aromatic N) is 1. The fourth-order valence-electron chi connectivity index (χ4n) is 2.26. The van der Waals surface area contributed by atoms with Crippen LogP contribution >= 0.6 is 15.9 Å². The molecule has 0 aliphatic carbocycles. The van der Waals surface area contributed by atoms with Crippen molar-refractivity contribution in [2.75, 3.05) is 40.5 Å². The highest BCUT2D eigenvalue weighted by Crippen LogP contribution is 2.23. The molecule has 6 nitrogen and oxygen atoms in total. The number of rotatable bonds is 10. The molecule has 0 unspecified atom stereocenters. The zero-order valence-electron chi connectivity index (χ0n) is 15.3. The molecule has 0 saturated carbocycles. The molecule has 0 spiro atoms. The van der Waals surface area contributed by atoms with Gasteiger partial charge < -0.3 is 24.5 Å². The molecule has 2 N–H and O–H groups in total. The van der Waals surface area contributed by atoms with E-state index in [-0.39, 0.29) is 0 Å². The lowest BCUT2D eigenvalue weighted by Crippen LogP contribution is -2.37. The second-order valence-electron chi connectivity index (χ2n) is 5.58. The number of aliphatic imine (C=N–C) groups is 1. The summed E-state index contributed by atoms with van der Waals surface area (Å²) in [6.07, 6.45) is 0.902. The lowest BCUT2D eigenvalue weighted by atomic mass is 10.2. The Morgan fingerprint density at radius 3 is 2.62 bits per heavy atom. The van der Waals surface area contributed by atoms with Crippen LogP contribution in [0.25, 0.3) is 11.3 Å². The number of nitrogens with one attached hydrogen (secondary N) is 2. The Morgan fingerprint density at radius 1 is 1.08 bits per heavy atom. The molecule has 142 valence electrons. The number of halogens is 1. The van der Waals surface area contributed by atoms with Gasteiger partial charge in [-0.3, -0.25) is 4.99 Å². The maximum atomic E-state index is 5.89.